The number of nitrogens with one attached hydrogen (secondary N) is 2. The van der Waals surface area contributed by atoms with Gasteiger partial charge in [-0.3, -0.25) is 0 Å². The molecule has 5 heteroatoms. The Morgan fingerprint density at radius 2 is 2.21 bits per heavy atom. The number of sulfone groups is 1. The fourth-order valence-electron chi connectivity index (χ4n) is 2.75. The quantitative estimate of drug-likeness (QED) is 0.897. The molecule has 1 aliphatic rings. The molecule has 1 aromatic carbocycles. The summed E-state index contributed by atoms with van der Waals surface area (Å²) in [6.07, 6.45) is 3.53. The van der Waals surface area contributed by atoms with Gasteiger partial charge < -0.3 is 10.3 Å². The van der Waals surface area contributed by atoms with Crippen LogP contribution in [-0.2, 0) is 16.4 Å². The maximum Gasteiger partial charge on any atom is 0.154 e. The van der Waals surface area contributed by atoms with E-state index >= 15 is 0 Å². The third-order valence-electron chi connectivity index (χ3n) is 3.82. The van der Waals surface area contributed by atoms with E-state index in [2.05, 4.69) is 22.4 Å². The fraction of sp³-hybridized carbons (Fsp3) is 0.429. The van der Waals surface area contributed by atoms with Gasteiger partial charge in [-0.2, -0.15) is 0 Å². The van der Waals surface area contributed by atoms with E-state index in [9.17, 15) is 8.42 Å². The van der Waals surface area contributed by atoms with Gasteiger partial charge in [0.05, 0.1) is 11.0 Å². The molecule has 1 atom stereocenters. The van der Waals surface area contributed by atoms with Crippen LogP contribution in [-0.4, -0.2) is 30.9 Å². The summed E-state index contributed by atoms with van der Waals surface area (Å²) in [5.74, 6) is 0.353. The molecule has 2 aromatic rings. The van der Waals surface area contributed by atoms with Crippen LogP contribution in [0.25, 0.3) is 10.9 Å². The van der Waals surface area contributed by atoms with Crippen molar-refractivity contribution < 1.29 is 8.42 Å². The van der Waals surface area contributed by atoms with Crippen molar-refractivity contribution >= 4 is 20.7 Å². The number of hydrogen-bond acceptors (Lipinski definition) is 3. The number of H-pyrrole nitrogens is 1. The van der Waals surface area contributed by atoms with Crippen molar-refractivity contribution in [3.05, 3.63) is 36.0 Å². The molecule has 3 rings (SSSR count). The van der Waals surface area contributed by atoms with Gasteiger partial charge >= 0.3 is 0 Å². The SMILES string of the molecule is O=S1(=O)CCCC1CNCc1cccc2cc[nH]c12. The minimum absolute atomic E-state index is 0.199. The highest BCUT2D eigenvalue weighted by Crippen LogP contribution is 2.20. The molecule has 1 unspecified atom stereocenters. The molecule has 0 spiro atoms. The molecule has 2 heterocycles. The lowest BCUT2D eigenvalue weighted by Crippen LogP contribution is -2.30. The molecular weight excluding hydrogens is 260 g/mol. The van der Waals surface area contributed by atoms with E-state index < -0.39 is 9.84 Å². The van der Waals surface area contributed by atoms with Crippen LogP contribution in [0.1, 0.15) is 18.4 Å². The summed E-state index contributed by atoms with van der Waals surface area (Å²) < 4.78 is 23.5. The van der Waals surface area contributed by atoms with Gasteiger partial charge in [-0.05, 0) is 29.9 Å². The molecule has 0 amide bonds. The van der Waals surface area contributed by atoms with Crippen molar-refractivity contribution in [2.24, 2.45) is 0 Å². The standard InChI is InChI=1S/C14H18N2O2S/c17-19(18)8-2-5-13(19)10-15-9-12-4-1-3-11-6-7-16-14(11)12/h1,3-4,6-7,13,15-16H,2,5,8-10H2. The molecule has 0 radical (unpaired) electrons. The van der Waals surface area contributed by atoms with Gasteiger partial charge in [0, 0.05) is 24.8 Å². The summed E-state index contributed by atoms with van der Waals surface area (Å²) in [7, 11) is -2.84. The van der Waals surface area contributed by atoms with Gasteiger partial charge in [0.2, 0.25) is 0 Å². The Morgan fingerprint density at radius 3 is 3.00 bits per heavy atom. The zero-order valence-electron chi connectivity index (χ0n) is 10.7. The zero-order valence-corrected chi connectivity index (χ0v) is 11.5. The molecule has 0 saturated carbocycles. The lowest BCUT2D eigenvalue weighted by molar-refractivity contribution is 0.574. The second-order valence-electron chi connectivity index (χ2n) is 5.12. The smallest absolute Gasteiger partial charge is 0.154 e. The maximum atomic E-state index is 11.7. The predicted octanol–water partition coefficient (Wildman–Crippen LogP) is 1.83. The third-order valence-corrected chi connectivity index (χ3v) is 6.10. The molecule has 1 aromatic heterocycles. The number of rotatable bonds is 4. The second-order valence-corrected chi connectivity index (χ2v) is 7.52. The van der Waals surface area contributed by atoms with E-state index in [4.69, 9.17) is 0 Å². The van der Waals surface area contributed by atoms with Gasteiger partial charge in [-0.1, -0.05) is 18.2 Å². The Hall–Kier alpha value is -1.33. The Kier molecular flexibility index (Phi) is 3.33. The molecule has 1 aliphatic heterocycles. The summed E-state index contributed by atoms with van der Waals surface area (Å²) in [5.41, 5.74) is 2.31. The molecule has 19 heavy (non-hydrogen) atoms. The van der Waals surface area contributed by atoms with Crippen LogP contribution in [0.5, 0.6) is 0 Å². The lowest BCUT2D eigenvalue weighted by Gasteiger charge is -2.11. The highest BCUT2D eigenvalue weighted by atomic mass is 32.2. The van der Waals surface area contributed by atoms with Crippen molar-refractivity contribution in [1.82, 2.24) is 10.3 Å². The van der Waals surface area contributed by atoms with Gasteiger partial charge in [0.15, 0.2) is 9.84 Å². The molecular formula is C14H18N2O2S. The lowest BCUT2D eigenvalue weighted by atomic mass is 10.1. The summed E-state index contributed by atoms with van der Waals surface area (Å²) in [5, 5.41) is 4.27. The Bertz CT molecular complexity index is 676. The zero-order chi connectivity index (χ0) is 13.3. The summed E-state index contributed by atoms with van der Waals surface area (Å²) >= 11 is 0. The average molecular weight is 278 g/mol. The summed E-state index contributed by atoms with van der Waals surface area (Å²) in [6.45, 7) is 1.25. The Labute approximate surface area is 113 Å². The fourth-order valence-corrected chi connectivity index (χ4v) is 4.55. The average Bonchev–Trinajstić information content (AvgIpc) is 2.96. The molecule has 1 saturated heterocycles. The molecule has 2 N–H and O–H groups in total. The van der Waals surface area contributed by atoms with E-state index in [1.165, 1.54) is 10.9 Å². The largest absolute Gasteiger partial charge is 0.361 e. The van der Waals surface area contributed by atoms with E-state index in [-0.39, 0.29) is 5.25 Å². The van der Waals surface area contributed by atoms with Crippen LogP contribution in [0, 0.1) is 0 Å². The van der Waals surface area contributed by atoms with Crippen molar-refractivity contribution in [3.8, 4) is 0 Å². The van der Waals surface area contributed by atoms with E-state index in [1.807, 2.05) is 18.3 Å². The van der Waals surface area contributed by atoms with Crippen LogP contribution in [0.15, 0.2) is 30.5 Å². The Morgan fingerprint density at radius 1 is 1.32 bits per heavy atom. The van der Waals surface area contributed by atoms with Crippen molar-refractivity contribution in [1.29, 1.82) is 0 Å². The topological polar surface area (TPSA) is 62.0 Å². The highest BCUT2D eigenvalue weighted by molar-refractivity contribution is 7.92. The summed E-state index contributed by atoms with van der Waals surface area (Å²) in [4.78, 5) is 3.22. The minimum Gasteiger partial charge on any atom is -0.361 e. The van der Waals surface area contributed by atoms with E-state index in [0.717, 1.165) is 18.4 Å². The van der Waals surface area contributed by atoms with Crippen molar-refractivity contribution in [2.45, 2.75) is 24.6 Å². The van der Waals surface area contributed by atoms with Gasteiger partial charge in [0.1, 0.15) is 0 Å². The van der Waals surface area contributed by atoms with Crippen LogP contribution < -0.4 is 5.32 Å². The number of aromatic nitrogens is 1. The first-order valence-corrected chi connectivity index (χ1v) is 8.35. The second kappa shape index (κ2) is 4.98. The first-order chi connectivity index (χ1) is 9.17. The number of hydrogen-bond donors (Lipinski definition) is 2. The van der Waals surface area contributed by atoms with Gasteiger partial charge in [-0.25, -0.2) is 8.42 Å². The van der Waals surface area contributed by atoms with E-state index in [1.54, 1.807) is 0 Å². The van der Waals surface area contributed by atoms with Gasteiger partial charge in [-0.15, -0.1) is 0 Å². The predicted molar refractivity (Wildman–Crippen MR) is 76.8 cm³/mol. The molecule has 0 bridgehead atoms. The monoisotopic (exact) mass is 278 g/mol. The molecule has 0 aliphatic carbocycles. The number of benzene rings is 1. The Balaban J connectivity index is 1.65. The van der Waals surface area contributed by atoms with Crippen molar-refractivity contribution in [2.75, 3.05) is 12.3 Å². The van der Waals surface area contributed by atoms with Crippen LogP contribution in [0.3, 0.4) is 0 Å². The maximum absolute atomic E-state index is 11.7. The molecule has 1 fully saturated rings. The van der Waals surface area contributed by atoms with Crippen molar-refractivity contribution in [3.63, 3.8) is 0 Å². The molecule has 102 valence electrons. The highest BCUT2D eigenvalue weighted by Gasteiger charge is 2.30. The van der Waals surface area contributed by atoms with Crippen LogP contribution >= 0.6 is 0 Å². The number of para-hydroxylation sites is 1. The van der Waals surface area contributed by atoms with Crippen LogP contribution in [0.4, 0.5) is 0 Å². The normalized spacial score (nSPS) is 22.0. The first-order valence-electron chi connectivity index (χ1n) is 6.64. The molecule has 4 nitrogen and oxygen atoms in total. The first kappa shape index (κ1) is 12.7. The number of fused-ring (bicyclic) bond motifs is 1. The number of aromatic amines is 1. The van der Waals surface area contributed by atoms with Crippen LogP contribution in [0.2, 0.25) is 0 Å². The van der Waals surface area contributed by atoms with E-state index in [0.29, 0.717) is 18.8 Å². The summed E-state index contributed by atoms with van der Waals surface area (Å²) in [6, 6.07) is 8.20. The minimum atomic E-state index is -2.84. The van der Waals surface area contributed by atoms with Gasteiger partial charge in [0.25, 0.3) is 0 Å². The third kappa shape index (κ3) is 2.53.